The summed E-state index contributed by atoms with van der Waals surface area (Å²) in [5, 5.41) is 0. The van der Waals surface area contributed by atoms with Crippen LogP contribution < -0.4 is 0 Å². The van der Waals surface area contributed by atoms with E-state index in [1.807, 2.05) is 6.07 Å². The zero-order valence-corrected chi connectivity index (χ0v) is 11.1. The fraction of sp³-hybridized carbons (Fsp3) is 0.545. The van der Waals surface area contributed by atoms with Crippen LogP contribution in [0, 0.1) is 0 Å². The molecule has 0 saturated carbocycles. The van der Waals surface area contributed by atoms with Crippen LogP contribution in [0.5, 0.6) is 0 Å². The van der Waals surface area contributed by atoms with Crippen LogP contribution in [0.15, 0.2) is 6.07 Å². The lowest BCUT2D eigenvalue weighted by molar-refractivity contribution is 0.0594. The van der Waals surface area contributed by atoms with Gasteiger partial charge in [0, 0.05) is 5.69 Å². The molecule has 1 atom stereocenters. The number of ether oxygens (including phenoxy) is 1. The van der Waals surface area contributed by atoms with Crippen LogP contribution in [0.3, 0.4) is 0 Å². The molecule has 0 aromatic carbocycles. The van der Waals surface area contributed by atoms with Gasteiger partial charge in [0.15, 0.2) is 0 Å². The predicted octanol–water partition coefficient (Wildman–Crippen LogP) is 2.79. The number of halogens is 1. The van der Waals surface area contributed by atoms with Gasteiger partial charge in [-0.05, 0) is 37.8 Å². The largest absolute Gasteiger partial charge is 0.464 e. The van der Waals surface area contributed by atoms with Gasteiger partial charge in [0.05, 0.1) is 10.5 Å². The van der Waals surface area contributed by atoms with E-state index in [2.05, 4.69) is 34.5 Å². The average molecular weight is 319 g/mol. The summed E-state index contributed by atoms with van der Waals surface area (Å²) in [6.45, 7) is 2.20. The molecule has 0 amide bonds. The zero-order chi connectivity index (χ0) is 11.1. The Labute approximate surface area is 103 Å². The SMILES string of the molecule is COC(=O)c1cc2c([nH]1)[C@](C)(I)CCC2. The van der Waals surface area contributed by atoms with Crippen LogP contribution in [-0.4, -0.2) is 18.1 Å². The van der Waals surface area contributed by atoms with E-state index in [0.717, 1.165) is 12.8 Å². The second-order valence-corrected chi connectivity index (χ2v) is 6.51. The molecule has 0 aliphatic heterocycles. The van der Waals surface area contributed by atoms with Gasteiger partial charge in [-0.2, -0.15) is 0 Å². The van der Waals surface area contributed by atoms with Gasteiger partial charge in [0.2, 0.25) is 0 Å². The maximum Gasteiger partial charge on any atom is 0.354 e. The lowest BCUT2D eigenvalue weighted by atomic mass is 9.89. The summed E-state index contributed by atoms with van der Waals surface area (Å²) in [6.07, 6.45) is 3.40. The molecule has 2 rings (SSSR count). The summed E-state index contributed by atoms with van der Waals surface area (Å²) in [5.41, 5.74) is 3.03. The number of carbonyl (C=O) groups is 1. The minimum Gasteiger partial charge on any atom is -0.464 e. The van der Waals surface area contributed by atoms with Gasteiger partial charge in [0.25, 0.3) is 0 Å². The number of hydrogen-bond donors (Lipinski definition) is 1. The Hall–Kier alpha value is -0.520. The minimum atomic E-state index is -0.281. The molecule has 1 aliphatic carbocycles. The Morgan fingerprint density at radius 2 is 2.40 bits per heavy atom. The Morgan fingerprint density at radius 1 is 1.67 bits per heavy atom. The quantitative estimate of drug-likeness (QED) is 0.491. The second kappa shape index (κ2) is 3.81. The summed E-state index contributed by atoms with van der Waals surface area (Å²) in [5.74, 6) is -0.281. The van der Waals surface area contributed by atoms with E-state index in [1.165, 1.54) is 24.8 Å². The van der Waals surface area contributed by atoms with Crippen LogP contribution in [-0.2, 0) is 14.6 Å². The highest BCUT2D eigenvalue weighted by Crippen LogP contribution is 2.42. The normalized spacial score (nSPS) is 24.7. The number of methoxy groups -OCH3 is 1. The average Bonchev–Trinajstić information content (AvgIpc) is 2.61. The molecule has 0 bridgehead atoms. The van der Waals surface area contributed by atoms with Crippen molar-refractivity contribution in [2.24, 2.45) is 0 Å². The number of aryl methyl sites for hydroxylation is 1. The highest BCUT2D eigenvalue weighted by molar-refractivity contribution is 14.1. The number of alkyl halides is 1. The van der Waals surface area contributed by atoms with Crippen LogP contribution >= 0.6 is 22.6 Å². The van der Waals surface area contributed by atoms with E-state index in [4.69, 9.17) is 4.74 Å². The van der Waals surface area contributed by atoms with Gasteiger partial charge in [-0.3, -0.25) is 0 Å². The number of hydrogen-bond acceptors (Lipinski definition) is 2. The van der Waals surface area contributed by atoms with E-state index in [1.54, 1.807) is 0 Å². The molecule has 3 nitrogen and oxygen atoms in total. The van der Waals surface area contributed by atoms with Gasteiger partial charge >= 0.3 is 5.97 Å². The van der Waals surface area contributed by atoms with Crippen molar-refractivity contribution in [2.45, 2.75) is 29.6 Å². The number of aromatic amines is 1. The van der Waals surface area contributed by atoms with Crippen molar-refractivity contribution in [2.75, 3.05) is 7.11 Å². The van der Waals surface area contributed by atoms with Crippen molar-refractivity contribution in [1.29, 1.82) is 0 Å². The van der Waals surface area contributed by atoms with Crippen molar-refractivity contribution in [3.8, 4) is 0 Å². The number of fused-ring (bicyclic) bond motifs is 1. The number of rotatable bonds is 1. The smallest absolute Gasteiger partial charge is 0.354 e. The monoisotopic (exact) mass is 319 g/mol. The predicted molar refractivity (Wildman–Crippen MR) is 66.4 cm³/mol. The molecule has 1 N–H and O–H groups in total. The maximum atomic E-state index is 11.4. The van der Waals surface area contributed by atoms with E-state index in [-0.39, 0.29) is 9.39 Å². The highest BCUT2D eigenvalue weighted by atomic mass is 127. The van der Waals surface area contributed by atoms with Crippen LogP contribution in [0.1, 0.15) is 41.5 Å². The molecule has 0 unspecified atom stereocenters. The Kier molecular flexibility index (Phi) is 2.79. The fourth-order valence-electron chi connectivity index (χ4n) is 2.12. The van der Waals surface area contributed by atoms with Gasteiger partial charge in [0.1, 0.15) is 5.69 Å². The van der Waals surface area contributed by atoms with E-state index >= 15 is 0 Å². The Bertz CT molecular complexity index is 395. The first-order valence-electron chi connectivity index (χ1n) is 5.04. The molecule has 0 fully saturated rings. The van der Waals surface area contributed by atoms with Crippen molar-refractivity contribution in [3.05, 3.63) is 23.0 Å². The second-order valence-electron chi connectivity index (χ2n) is 4.13. The molecule has 1 aliphatic rings. The molecule has 1 aromatic rings. The molecule has 0 saturated heterocycles. The number of H-pyrrole nitrogens is 1. The lowest BCUT2D eigenvalue weighted by Gasteiger charge is -2.27. The Balaban J connectivity index is 2.42. The number of carbonyl (C=O) groups excluding carboxylic acids is 1. The Morgan fingerprint density at radius 3 is 3.00 bits per heavy atom. The molecular weight excluding hydrogens is 305 g/mol. The number of esters is 1. The molecule has 15 heavy (non-hydrogen) atoms. The van der Waals surface area contributed by atoms with Gasteiger partial charge < -0.3 is 9.72 Å². The van der Waals surface area contributed by atoms with Crippen molar-refractivity contribution < 1.29 is 9.53 Å². The topological polar surface area (TPSA) is 42.1 Å². The molecule has 0 radical (unpaired) electrons. The third-order valence-electron chi connectivity index (χ3n) is 2.92. The van der Waals surface area contributed by atoms with E-state index in [9.17, 15) is 4.79 Å². The summed E-state index contributed by atoms with van der Waals surface area (Å²) in [7, 11) is 1.41. The third kappa shape index (κ3) is 1.91. The molecule has 1 aromatic heterocycles. The number of nitrogens with one attached hydrogen (secondary N) is 1. The number of aromatic nitrogens is 1. The van der Waals surface area contributed by atoms with Gasteiger partial charge in [-0.25, -0.2) is 4.79 Å². The summed E-state index contributed by atoms with van der Waals surface area (Å²) >= 11 is 2.45. The first-order chi connectivity index (χ1) is 7.04. The molecule has 4 heteroatoms. The van der Waals surface area contributed by atoms with Crippen molar-refractivity contribution in [1.82, 2.24) is 4.98 Å². The first kappa shape index (κ1) is 11.0. The van der Waals surface area contributed by atoms with E-state index in [0.29, 0.717) is 5.69 Å². The summed E-state index contributed by atoms with van der Waals surface area (Å²) in [4.78, 5) is 14.6. The summed E-state index contributed by atoms with van der Waals surface area (Å²) in [6, 6.07) is 1.93. The lowest BCUT2D eigenvalue weighted by Crippen LogP contribution is -2.20. The van der Waals surface area contributed by atoms with Gasteiger partial charge in [-0.1, -0.05) is 22.6 Å². The van der Waals surface area contributed by atoms with Crippen molar-refractivity contribution in [3.63, 3.8) is 0 Å². The molecule has 0 spiro atoms. The van der Waals surface area contributed by atoms with Crippen LogP contribution in [0.25, 0.3) is 0 Å². The summed E-state index contributed by atoms with van der Waals surface area (Å²) < 4.78 is 4.83. The fourth-order valence-corrected chi connectivity index (χ4v) is 2.98. The van der Waals surface area contributed by atoms with Gasteiger partial charge in [-0.15, -0.1) is 0 Å². The van der Waals surface area contributed by atoms with Crippen LogP contribution in [0.4, 0.5) is 0 Å². The highest BCUT2D eigenvalue weighted by Gasteiger charge is 2.32. The van der Waals surface area contributed by atoms with Crippen molar-refractivity contribution >= 4 is 28.6 Å². The zero-order valence-electron chi connectivity index (χ0n) is 8.89. The van der Waals surface area contributed by atoms with Crippen LogP contribution in [0.2, 0.25) is 0 Å². The van der Waals surface area contributed by atoms with E-state index < -0.39 is 0 Å². The molecular formula is C11H14INO2. The maximum absolute atomic E-state index is 11.4. The minimum absolute atomic E-state index is 0.123. The molecule has 82 valence electrons. The standard InChI is InChI=1S/C11H14INO2/c1-11(12)5-3-4-7-6-8(10(14)15-2)13-9(7)11/h6,13H,3-5H2,1-2H3/t11-/m1/s1. The first-order valence-corrected chi connectivity index (χ1v) is 6.12. The molecule has 1 heterocycles. The third-order valence-corrected chi connectivity index (χ3v) is 4.00.